The number of aliphatic hydroxyl groups excluding tert-OH is 1. The highest BCUT2D eigenvalue weighted by molar-refractivity contribution is 5.96. The fourth-order valence-electron chi connectivity index (χ4n) is 3.03. The van der Waals surface area contributed by atoms with Crippen LogP contribution in [-0.4, -0.2) is 51.6 Å². The van der Waals surface area contributed by atoms with Crippen LogP contribution in [0.5, 0.6) is 0 Å². The highest BCUT2D eigenvalue weighted by Gasteiger charge is 2.24. The van der Waals surface area contributed by atoms with Crippen LogP contribution in [0.25, 0.3) is 11.3 Å². The molecule has 0 fully saturated rings. The van der Waals surface area contributed by atoms with Crippen molar-refractivity contribution < 1.29 is 9.90 Å². The molecule has 0 saturated heterocycles. The summed E-state index contributed by atoms with van der Waals surface area (Å²) in [5, 5.41) is 11.9. The standard InChI is InChI=1S/C19H23N5O2/c1-2-15-7-4-9-24(15)18(26)14-6-3-5-13(11-14)16-12-17(21-8-10-25)23-19(20)22-16/h3-7,11-12,15,25H,2,8-10H2,1H3,(H3,20,21,22,23)/t15-/m0/s1. The normalized spacial score (nSPS) is 16.1. The Morgan fingerprint density at radius 1 is 1.38 bits per heavy atom. The van der Waals surface area contributed by atoms with Crippen molar-refractivity contribution in [3.63, 3.8) is 0 Å². The highest BCUT2D eigenvalue weighted by atomic mass is 16.3. The van der Waals surface area contributed by atoms with E-state index in [-0.39, 0.29) is 24.5 Å². The van der Waals surface area contributed by atoms with Crippen molar-refractivity contribution in [3.05, 3.63) is 48.0 Å². The molecule has 0 unspecified atom stereocenters. The summed E-state index contributed by atoms with van der Waals surface area (Å²) < 4.78 is 0. The van der Waals surface area contributed by atoms with Crippen LogP contribution in [0.2, 0.25) is 0 Å². The summed E-state index contributed by atoms with van der Waals surface area (Å²) in [4.78, 5) is 23.1. The molecular formula is C19H23N5O2. The number of hydrogen-bond acceptors (Lipinski definition) is 6. The zero-order valence-electron chi connectivity index (χ0n) is 14.7. The second-order valence-corrected chi connectivity index (χ2v) is 6.09. The maximum Gasteiger partial charge on any atom is 0.254 e. The second-order valence-electron chi connectivity index (χ2n) is 6.09. The lowest BCUT2D eigenvalue weighted by Gasteiger charge is -2.23. The molecule has 0 radical (unpaired) electrons. The van der Waals surface area contributed by atoms with Gasteiger partial charge >= 0.3 is 0 Å². The van der Waals surface area contributed by atoms with Crippen LogP contribution in [0.1, 0.15) is 23.7 Å². The Morgan fingerprint density at radius 2 is 2.23 bits per heavy atom. The van der Waals surface area contributed by atoms with Crippen molar-refractivity contribution in [2.45, 2.75) is 19.4 Å². The lowest BCUT2D eigenvalue weighted by atomic mass is 10.1. The van der Waals surface area contributed by atoms with Crippen molar-refractivity contribution in [1.82, 2.24) is 14.9 Å². The first kappa shape index (κ1) is 17.9. The number of carbonyl (C=O) groups excluding carboxylic acids is 1. The summed E-state index contributed by atoms with van der Waals surface area (Å²) in [6, 6.07) is 9.26. The van der Waals surface area contributed by atoms with Crippen LogP contribution < -0.4 is 11.1 Å². The van der Waals surface area contributed by atoms with Gasteiger partial charge in [-0.25, -0.2) is 4.98 Å². The van der Waals surface area contributed by atoms with Crippen LogP contribution >= 0.6 is 0 Å². The molecule has 2 heterocycles. The number of rotatable bonds is 6. The van der Waals surface area contributed by atoms with Crippen molar-refractivity contribution in [3.8, 4) is 11.3 Å². The topological polar surface area (TPSA) is 104 Å². The molecule has 7 nitrogen and oxygen atoms in total. The Bertz CT molecular complexity index is 821. The quantitative estimate of drug-likeness (QED) is 0.686. The molecule has 1 aromatic heterocycles. The monoisotopic (exact) mass is 353 g/mol. The number of nitrogens with zero attached hydrogens (tertiary/aromatic N) is 3. The molecule has 4 N–H and O–H groups in total. The Balaban J connectivity index is 1.88. The molecule has 1 aromatic carbocycles. The number of nitrogen functional groups attached to an aromatic ring is 1. The van der Waals surface area contributed by atoms with Crippen molar-refractivity contribution in [1.29, 1.82) is 0 Å². The first-order valence-electron chi connectivity index (χ1n) is 8.69. The molecule has 1 amide bonds. The molecule has 0 aliphatic carbocycles. The Morgan fingerprint density at radius 3 is 3.00 bits per heavy atom. The first-order valence-corrected chi connectivity index (χ1v) is 8.69. The molecule has 136 valence electrons. The summed E-state index contributed by atoms with van der Waals surface area (Å²) in [5.41, 5.74) is 7.82. The molecular weight excluding hydrogens is 330 g/mol. The van der Waals surface area contributed by atoms with Gasteiger partial charge in [0.05, 0.1) is 18.3 Å². The van der Waals surface area contributed by atoms with Crippen LogP contribution in [-0.2, 0) is 0 Å². The summed E-state index contributed by atoms with van der Waals surface area (Å²) in [5.74, 6) is 0.673. The summed E-state index contributed by atoms with van der Waals surface area (Å²) in [6.45, 7) is 3.07. The maximum absolute atomic E-state index is 12.9. The predicted octanol–water partition coefficient (Wildman–Crippen LogP) is 1.92. The number of amides is 1. The number of anilines is 2. The lowest BCUT2D eigenvalue weighted by molar-refractivity contribution is 0.0747. The Hall–Kier alpha value is -2.93. The van der Waals surface area contributed by atoms with Gasteiger partial charge in [-0.05, 0) is 18.6 Å². The van der Waals surface area contributed by atoms with E-state index in [1.54, 1.807) is 6.07 Å². The van der Waals surface area contributed by atoms with E-state index in [0.717, 1.165) is 12.0 Å². The smallest absolute Gasteiger partial charge is 0.254 e. The van der Waals surface area contributed by atoms with Gasteiger partial charge in [-0.1, -0.05) is 31.2 Å². The van der Waals surface area contributed by atoms with Crippen molar-refractivity contribution >= 4 is 17.7 Å². The number of benzene rings is 1. The van der Waals surface area contributed by atoms with Gasteiger partial charge in [0.1, 0.15) is 5.82 Å². The summed E-state index contributed by atoms with van der Waals surface area (Å²) in [7, 11) is 0. The third-order valence-electron chi connectivity index (χ3n) is 4.31. The van der Waals surface area contributed by atoms with Gasteiger partial charge in [0.15, 0.2) is 0 Å². The Kier molecular flexibility index (Phi) is 5.48. The van der Waals surface area contributed by atoms with Gasteiger partial charge in [0.25, 0.3) is 5.91 Å². The van der Waals surface area contributed by atoms with E-state index >= 15 is 0 Å². The van der Waals surface area contributed by atoms with Crippen molar-refractivity contribution in [2.75, 3.05) is 30.7 Å². The fraction of sp³-hybridized carbons (Fsp3) is 0.316. The third-order valence-corrected chi connectivity index (χ3v) is 4.31. The molecule has 0 saturated carbocycles. The summed E-state index contributed by atoms with van der Waals surface area (Å²) >= 11 is 0. The minimum Gasteiger partial charge on any atom is -0.395 e. The molecule has 7 heteroatoms. The van der Waals surface area contributed by atoms with Crippen LogP contribution in [0.4, 0.5) is 11.8 Å². The van der Waals surface area contributed by atoms with E-state index < -0.39 is 0 Å². The summed E-state index contributed by atoms with van der Waals surface area (Å²) in [6.07, 6.45) is 5.00. The largest absolute Gasteiger partial charge is 0.395 e. The zero-order chi connectivity index (χ0) is 18.5. The van der Waals surface area contributed by atoms with E-state index in [1.165, 1.54) is 0 Å². The predicted molar refractivity (Wildman–Crippen MR) is 102 cm³/mol. The van der Waals surface area contributed by atoms with E-state index in [9.17, 15) is 4.79 Å². The number of nitrogens with one attached hydrogen (secondary N) is 1. The van der Waals surface area contributed by atoms with Gasteiger partial charge < -0.3 is 21.1 Å². The molecule has 0 bridgehead atoms. The van der Waals surface area contributed by atoms with Gasteiger partial charge in [-0.3, -0.25) is 4.79 Å². The number of aromatic nitrogens is 2. The third kappa shape index (κ3) is 3.83. The fourth-order valence-corrected chi connectivity index (χ4v) is 3.03. The minimum atomic E-state index is -0.00824. The van der Waals surface area contributed by atoms with Gasteiger partial charge in [0.2, 0.25) is 5.95 Å². The molecule has 1 atom stereocenters. The maximum atomic E-state index is 12.9. The van der Waals surface area contributed by atoms with Crippen LogP contribution in [0, 0.1) is 0 Å². The van der Waals surface area contributed by atoms with Gasteiger partial charge in [-0.2, -0.15) is 4.98 Å². The molecule has 26 heavy (non-hydrogen) atoms. The van der Waals surface area contributed by atoms with E-state index in [0.29, 0.717) is 30.2 Å². The average molecular weight is 353 g/mol. The van der Waals surface area contributed by atoms with Crippen molar-refractivity contribution in [2.24, 2.45) is 0 Å². The Labute approximate surface area is 152 Å². The number of hydrogen-bond donors (Lipinski definition) is 3. The molecule has 1 aliphatic rings. The number of nitrogens with two attached hydrogens (primary N) is 1. The van der Waals surface area contributed by atoms with E-state index in [2.05, 4.69) is 28.3 Å². The average Bonchev–Trinajstić information content (AvgIpc) is 3.14. The number of carbonyl (C=O) groups is 1. The molecule has 3 rings (SSSR count). The second kappa shape index (κ2) is 7.97. The van der Waals surface area contributed by atoms with E-state index in [1.807, 2.05) is 35.2 Å². The van der Waals surface area contributed by atoms with Crippen LogP contribution in [0.15, 0.2) is 42.5 Å². The highest BCUT2D eigenvalue weighted by Crippen LogP contribution is 2.24. The zero-order valence-corrected chi connectivity index (χ0v) is 14.7. The van der Waals surface area contributed by atoms with Gasteiger partial charge in [-0.15, -0.1) is 0 Å². The molecule has 1 aliphatic heterocycles. The molecule has 0 spiro atoms. The van der Waals surface area contributed by atoms with Crippen LogP contribution in [0.3, 0.4) is 0 Å². The molecule has 2 aromatic rings. The number of aliphatic hydroxyl groups is 1. The van der Waals surface area contributed by atoms with E-state index in [4.69, 9.17) is 10.8 Å². The SMILES string of the molecule is CC[C@H]1C=CCN1C(=O)c1cccc(-c2cc(NCCO)nc(N)n2)c1. The lowest BCUT2D eigenvalue weighted by Crippen LogP contribution is -2.35. The first-order chi connectivity index (χ1) is 12.6. The van der Waals surface area contributed by atoms with Gasteiger partial charge in [0, 0.05) is 30.3 Å². The minimum absolute atomic E-state index is 0.00403.